The molecule has 0 heterocycles. The molecule has 7 nitrogen and oxygen atoms in total. The number of alkyl halides is 3. The lowest BCUT2D eigenvalue weighted by Crippen LogP contribution is -2.26. The van der Waals surface area contributed by atoms with E-state index in [4.69, 9.17) is 30.5 Å². The van der Waals surface area contributed by atoms with Gasteiger partial charge in [-0.2, -0.15) is 13.2 Å². The Bertz CT molecular complexity index is 1250. The highest BCUT2D eigenvalue weighted by Crippen LogP contribution is 2.37. The summed E-state index contributed by atoms with van der Waals surface area (Å²) in [5, 5.41) is 1.83. The molecule has 0 spiro atoms. The van der Waals surface area contributed by atoms with E-state index in [-0.39, 0.29) is 28.3 Å². The maximum absolute atomic E-state index is 13.2. The molecular weight excluding hydrogens is 503 g/mol. The first-order valence-corrected chi connectivity index (χ1v) is 10.7. The van der Waals surface area contributed by atoms with Gasteiger partial charge >= 0.3 is 12.1 Å². The highest BCUT2D eigenvalue weighted by molar-refractivity contribution is 6.31. The standard InChI is InChI=1S/C25H21ClF3NO6/c1-33-19-13-21(35-3)20(34-2)12-16(19)24(32)36-22(14-7-5-4-6-8-14)23(31)30-15-9-10-18(26)17(11-15)25(27,28)29/h4-13,22H,1-3H3,(H,30,31)/t22-/m1/s1. The molecule has 3 rings (SSSR count). The number of nitrogens with one attached hydrogen (secondary N) is 1. The average molecular weight is 524 g/mol. The van der Waals surface area contributed by atoms with Gasteiger partial charge in [0.25, 0.3) is 5.91 Å². The summed E-state index contributed by atoms with van der Waals surface area (Å²) < 4.78 is 60.9. The summed E-state index contributed by atoms with van der Waals surface area (Å²) in [7, 11) is 4.12. The molecule has 1 amide bonds. The highest BCUT2D eigenvalue weighted by atomic mass is 35.5. The van der Waals surface area contributed by atoms with Gasteiger partial charge in [0.1, 0.15) is 11.3 Å². The van der Waals surface area contributed by atoms with Gasteiger partial charge in [0, 0.05) is 23.4 Å². The van der Waals surface area contributed by atoms with Crippen LogP contribution in [0.2, 0.25) is 5.02 Å². The zero-order valence-corrected chi connectivity index (χ0v) is 20.1. The van der Waals surface area contributed by atoms with Gasteiger partial charge in [-0.05, 0) is 18.2 Å². The van der Waals surface area contributed by atoms with Crippen molar-refractivity contribution in [2.45, 2.75) is 12.3 Å². The Hall–Kier alpha value is -3.92. The third-order valence-electron chi connectivity index (χ3n) is 5.03. The summed E-state index contributed by atoms with van der Waals surface area (Å²) in [4.78, 5) is 26.2. The van der Waals surface area contributed by atoms with Crippen molar-refractivity contribution in [2.75, 3.05) is 26.6 Å². The van der Waals surface area contributed by atoms with E-state index in [9.17, 15) is 22.8 Å². The number of hydrogen-bond donors (Lipinski definition) is 1. The summed E-state index contributed by atoms with van der Waals surface area (Å²) in [6.07, 6.45) is -6.24. The Morgan fingerprint density at radius 2 is 1.47 bits per heavy atom. The molecule has 0 aliphatic rings. The first kappa shape index (κ1) is 26.7. The number of ether oxygens (including phenoxy) is 4. The molecule has 3 aromatic rings. The Kier molecular flexibility index (Phi) is 8.31. The third kappa shape index (κ3) is 6.01. The fraction of sp³-hybridized carbons (Fsp3) is 0.200. The summed E-state index contributed by atoms with van der Waals surface area (Å²) in [5.74, 6) is -1.22. The molecule has 11 heteroatoms. The Morgan fingerprint density at radius 3 is 2.06 bits per heavy atom. The van der Waals surface area contributed by atoms with Gasteiger partial charge in [0.15, 0.2) is 11.5 Å². The van der Waals surface area contributed by atoms with Crippen molar-refractivity contribution >= 4 is 29.2 Å². The lowest BCUT2D eigenvalue weighted by molar-refractivity contribution is -0.137. The topological polar surface area (TPSA) is 83.1 Å². The van der Waals surface area contributed by atoms with E-state index in [1.807, 2.05) is 0 Å². The fourth-order valence-electron chi connectivity index (χ4n) is 3.29. The van der Waals surface area contributed by atoms with Gasteiger partial charge in [-0.25, -0.2) is 4.79 Å². The molecule has 0 bridgehead atoms. The van der Waals surface area contributed by atoms with Crippen LogP contribution in [0, 0.1) is 0 Å². The number of anilines is 1. The number of amides is 1. The van der Waals surface area contributed by atoms with Gasteiger partial charge in [-0.1, -0.05) is 41.9 Å². The Morgan fingerprint density at radius 1 is 0.861 bits per heavy atom. The quantitative estimate of drug-likeness (QED) is 0.369. The molecule has 0 aliphatic heterocycles. The van der Waals surface area contributed by atoms with E-state index in [0.717, 1.165) is 6.07 Å². The summed E-state index contributed by atoms with van der Waals surface area (Å²) in [6, 6.07) is 13.6. The molecule has 0 fully saturated rings. The number of esters is 1. The lowest BCUT2D eigenvalue weighted by atomic mass is 10.1. The molecule has 190 valence electrons. The van der Waals surface area contributed by atoms with Gasteiger partial charge in [-0.3, -0.25) is 4.79 Å². The molecule has 0 radical (unpaired) electrons. The molecule has 0 aromatic heterocycles. The minimum Gasteiger partial charge on any atom is -0.496 e. The minimum atomic E-state index is -4.73. The number of carbonyl (C=O) groups is 2. The second kappa shape index (κ2) is 11.2. The lowest BCUT2D eigenvalue weighted by Gasteiger charge is -2.20. The van der Waals surface area contributed by atoms with Crippen molar-refractivity contribution in [3.05, 3.63) is 82.4 Å². The molecule has 0 saturated carbocycles. The van der Waals surface area contributed by atoms with E-state index in [1.54, 1.807) is 18.2 Å². The molecule has 0 aliphatic carbocycles. The van der Waals surface area contributed by atoms with E-state index >= 15 is 0 Å². The summed E-state index contributed by atoms with van der Waals surface area (Å²) in [5.41, 5.74) is -1.08. The first-order chi connectivity index (χ1) is 17.1. The highest BCUT2D eigenvalue weighted by Gasteiger charge is 2.34. The van der Waals surface area contributed by atoms with Crippen molar-refractivity contribution in [1.82, 2.24) is 0 Å². The molecule has 0 unspecified atom stereocenters. The molecule has 36 heavy (non-hydrogen) atoms. The van der Waals surface area contributed by atoms with Gasteiger partial charge in [-0.15, -0.1) is 0 Å². The smallest absolute Gasteiger partial charge is 0.417 e. The van der Waals surface area contributed by atoms with Crippen LogP contribution in [0.3, 0.4) is 0 Å². The van der Waals surface area contributed by atoms with Crippen LogP contribution in [-0.2, 0) is 15.7 Å². The fourth-order valence-corrected chi connectivity index (χ4v) is 3.51. The van der Waals surface area contributed by atoms with Crippen molar-refractivity contribution in [3.63, 3.8) is 0 Å². The summed E-state index contributed by atoms with van der Waals surface area (Å²) >= 11 is 5.65. The van der Waals surface area contributed by atoms with Crippen LogP contribution < -0.4 is 19.5 Å². The number of halogens is 4. The number of hydrogen-bond acceptors (Lipinski definition) is 6. The zero-order valence-electron chi connectivity index (χ0n) is 19.3. The second-order valence-corrected chi connectivity index (χ2v) is 7.69. The SMILES string of the molecule is COc1cc(OC)c(C(=O)O[C@@H](C(=O)Nc2ccc(Cl)c(C(F)(F)F)c2)c2ccccc2)cc1OC. The van der Waals surface area contributed by atoms with Crippen LogP contribution >= 0.6 is 11.6 Å². The monoisotopic (exact) mass is 523 g/mol. The van der Waals surface area contributed by atoms with E-state index < -0.39 is 34.7 Å². The van der Waals surface area contributed by atoms with Crippen LogP contribution in [0.5, 0.6) is 17.2 Å². The molecule has 0 saturated heterocycles. The van der Waals surface area contributed by atoms with Crippen molar-refractivity contribution in [2.24, 2.45) is 0 Å². The Labute approximate surface area is 209 Å². The van der Waals surface area contributed by atoms with Crippen LogP contribution in [0.15, 0.2) is 60.7 Å². The molecule has 3 aromatic carbocycles. The van der Waals surface area contributed by atoms with E-state index in [0.29, 0.717) is 11.8 Å². The largest absolute Gasteiger partial charge is 0.496 e. The maximum Gasteiger partial charge on any atom is 0.417 e. The first-order valence-electron chi connectivity index (χ1n) is 10.3. The predicted molar refractivity (Wildman–Crippen MR) is 126 cm³/mol. The number of rotatable bonds is 8. The summed E-state index contributed by atoms with van der Waals surface area (Å²) in [6.45, 7) is 0. The molecule has 1 atom stereocenters. The molecule has 1 N–H and O–H groups in total. The number of carbonyl (C=O) groups excluding carboxylic acids is 2. The van der Waals surface area contributed by atoms with Crippen LogP contribution in [0.4, 0.5) is 18.9 Å². The van der Waals surface area contributed by atoms with Crippen molar-refractivity contribution in [3.8, 4) is 17.2 Å². The van der Waals surface area contributed by atoms with Crippen molar-refractivity contribution < 1.29 is 41.7 Å². The van der Waals surface area contributed by atoms with E-state index in [2.05, 4.69) is 5.32 Å². The van der Waals surface area contributed by atoms with Crippen LogP contribution in [0.25, 0.3) is 0 Å². The second-order valence-electron chi connectivity index (χ2n) is 7.29. The Balaban J connectivity index is 1.95. The maximum atomic E-state index is 13.2. The normalized spacial score (nSPS) is 11.9. The van der Waals surface area contributed by atoms with E-state index in [1.165, 1.54) is 51.7 Å². The number of benzene rings is 3. The molecular formula is C25H21ClF3NO6. The van der Waals surface area contributed by atoms with Gasteiger partial charge < -0.3 is 24.3 Å². The predicted octanol–water partition coefficient (Wildman–Crippen LogP) is 5.92. The minimum absolute atomic E-state index is 0.0604. The van der Waals surface area contributed by atoms with Crippen molar-refractivity contribution in [1.29, 1.82) is 0 Å². The van der Waals surface area contributed by atoms with Gasteiger partial charge in [0.2, 0.25) is 6.10 Å². The zero-order chi connectivity index (χ0) is 26.5. The number of methoxy groups -OCH3 is 3. The average Bonchev–Trinajstić information content (AvgIpc) is 2.87. The van der Waals surface area contributed by atoms with Crippen LogP contribution in [0.1, 0.15) is 27.6 Å². The van der Waals surface area contributed by atoms with Gasteiger partial charge in [0.05, 0.1) is 31.9 Å². The van der Waals surface area contributed by atoms with Crippen LogP contribution in [-0.4, -0.2) is 33.2 Å². The third-order valence-corrected chi connectivity index (χ3v) is 5.36.